The fraction of sp³-hybridized carbons (Fsp3) is 0.400. The van der Waals surface area contributed by atoms with Crippen LogP contribution in [0.3, 0.4) is 0 Å². The van der Waals surface area contributed by atoms with E-state index >= 15 is 0 Å². The first kappa shape index (κ1) is 14.8. The SMILES string of the molecule is Cc1cc(Br)c(O)c(-c2nc(N3CCOCC3)sc2C)c1. The summed E-state index contributed by atoms with van der Waals surface area (Å²) in [5.74, 6) is 0.252. The first-order valence-electron chi connectivity index (χ1n) is 6.86. The fourth-order valence-electron chi connectivity index (χ4n) is 2.44. The molecule has 1 fully saturated rings. The molecule has 3 rings (SSSR count). The van der Waals surface area contributed by atoms with Crippen LogP contribution in [0, 0.1) is 13.8 Å². The maximum atomic E-state index is 10.3. The number of phenolic OH excluding ortho intramolecular Hbond substituents is 1. The van der Waals surface area contributed by atoms with Gasteiger partial charge in [-0.2, -0.15) is 0 Å². The molecule has 0 aliphatic carbocycles. The summed E-state index contributed by atoms with van der Waals surface area (Å²) in [4.78, 5) is 8.11. The monoisotopic (exact) mass is 368 g/mol. The molecule has 0 amide bonds. The van der Waals surface area contributed by atoms with Gasteiger partial charge >= 0.3 is 0 Å². The second-order valence-corrected chi connectivity index (χ2v) is 7.18. The number of thiazole rings is 1. The molecule has 0 spiro atoms. The Balaban J connectivity index is 2.01. The first-order chi connectivity index (χ1) is 10.1. The van der Waals surface area contributed by atoms with Gasteiger partial charge in [-0.3, -0.25) is 0 Å². The molecule has 0 radical (unpaired) electrons. The van der Waals surface area contributed by atoms with Gasteiger partial charge in [0.25, 0.3) is 0 Å². The number of nitrogens with zero attached hydrogens (tertiary/aromatic N) is 2. The molecule has 4 nitrogen and oxygen atoms in total. The van der Waals surface area contributed by atoms with Crippen molar-refractivity contribution < 1.29 is 9.84 Å². The number of aryl methyl sites for hydroxylation is 2. The van der Waals surface area contributed by atoms with Crippen LogP contribution in [0.2, 0.25) is 0 Å². The number of morpholine rings is 1. The normalized spacial score (nSPS) is 15.5. The highest BCUT2D eigenvalue weighted by molar-refractivity contribution is 9.10. The van der Waals surface area contributed by atoms with E-state index in [-0.39, 0.29) is 5.75 Å². The van der Waals surface area contributed by atoms with Crippen molar-refractivity contribution in [3.63, 3.8) is 0 Å². The molecule has 0 unspecified atom stereocenters. The zero-order valence-corrected chi connectivity index (χ0v) is 14.4. The van der Waals surface area contributed by atoms with E-state index in [1.165, 1.54) is 0 Å². The minimum atomic E-state index is 0.252. The highest BCUT2D eigenvalue weighted by Gasteiger charge is 2.20. The Labute approximate surface area is 136 Å². The number of aromatic nitrogens is 1. The lowest BCUT2D eigenvalue weighted by molar-refractivity contribution is 0.122. The standard InChI is InChI=1S/C15H17BrN2O2S/c1-9-7-11(14(19)12(16)8-9)13-10(2)21-15(17-13)18-3-5-20-6-4-18/h7-8,19H,3-6H2,1-2H3. The number of rotatable bonds is 2. The van der Waals surface area contributed by atoms with E-state index in [0.29, 0.717) is 4.47 Å². The summed E-state index contributed by atoms with van der Waals surface area (Å²) in [5, 5.41) is 11.3. The molecule has 1 aromatic carbocycles. The quantitative estimate of drug-likeness (QED) is 0.876. The van der Waals surface area contributed by atoms with Crippen LogP contribution in [0.1, 0.15) is 10.4 Å². The van der Waals surface area contributed by atoms with Gasteiger partial charge in [-0.15, -0.1) is 11.3 Å². The molecule has 2 heterocycles. The van der Waals surface area contributed by atoms with Gasteiger partial charge in [-0.25, -0.2) is 4.98 Å². The van der Waals surface area contributed by atoms with E-state index in [4.69, 9.17) is 9.72 Å². The first-order valence-corrected chi connectivity index (χ1v) is 8.47. The minimum Gasteiger partial charge on any atom is -0.506 e. The topological polar surface area (TPSA) is 45.6 Å². The molecule has 112 valence electrons. The molecule has 2 aromatic rings. The van der Waals surface area contributed by atoms with Gasteiger partial charge in [-0.1, -0.05) is 0 Å². The van der Waals surface area contributed by atoms with Crippen molar-refractivity contribution in [3.05, 3.63) is 27.0 Å². The number of ether oxygens (including phenoxy) is 1. The summed E-state index contributed by atoms with van der Waals surface area (Å²) >= 11 is 5.07. The van der Waals surface area contributed by atoms with Crippen LogP contribution >= 0.6 is 27.3 Å². The Kier molecular flexibility index (Phi) is 4.19. The van der Waals surface area contributed by atoms with E-state index in [1.54, 1.807) is 11.3 Å². The largest absolute Gasteiger partial charge is 0.506 e. The predicted octanol–water partition coefficient (Wildman–Crippen LogP) is 3.73. The molecule has 6 heteroatoms. The van der Waals surface area contributed by atoms with Crippen LogP contribution in [0.4, 0.5) is 5.13 Å². The molecule has 1 saturated heterocycles. The average Bonchev–Trinajstić information content (AvgIpc) is 2.86. The second-order valence-electron chi connectivity index (χ2n) is 5.14. The summed E-state index contributed by atoms with van der Waals surface area (Å²) in [6.07, 6.45) is 0. The van der Waals surface area contributed by atoms with Gasteiger partial charge in [0.05, 0.1) is 23.4 Å². The van der Waals surface area contributed by atoms with Gasteiger partial charge in [0.2, 0.25) is 0 Å². The highest BCUT2D eigenvalue weighted by Crippen LogP contribution is 2.40. The number of phenols is 1. The van der Waals surface area contributed by atoms with Gasteiger partial charge < -0.3 is 14.7 Å². The van der Waals surface area contributed by atoms with Crippen LogP contribution in [0.5, 0.6) is 5.75 Å². The maximum absolute atomic E-state index is 10.3. The number of anilines is 1. The Morgan fingerprint density at radius 1 is 1.29 bits per heavy atom. The Bertz CT molecular complexity index is 666. The second kappa shape index (κ2) is 5.94. The summed E-state index contributed by atoms with van der Waals surface area (Å²) in [7, 11) is 0. The number of hydrogen-bond donors (Lipinski definition) is 1. The van der Waals surface area contributed by atoms with Gasteiger partial charge in [0.15, 0.2) is 5.13 Å². The maximum Gasteiger partial charge on any atom is 0.186 e. The van der Waals surface area contributed by atoms with Crippen LogP contribution in [0.25, 0.3) is 11.3 Å². The minimum absolute atomic E-state index is 0.252. The van der Waals surface area contributed by atoms with E-state index in [9.17, 15) is 5.11 Å². The summed E-state index contributed by atoms with van der Waals surface area (Å²) in [6, 6.07) is 3.88. The van der Waals surface area contributed by atoms with E-state index in [2.05, 4.69) is 20.8 Å². The fourth-order valence-corrected chi connectivity index (χ4v) is 3.99. The molecular weight excluding hydrogens is 352 g/mol. The lowest BCUT2D eigenvalue weighted by Crippen LogP contribution is -2.36. The van der Waals surface area contributed by atoms with Crippen molar-refractivity contribution in [2.75, 3.05) is 31.2 Å². The van der Waals surface area contributed by atoms with Gasteiger partial charge in [-0.05, 0) is 47.5 Å². The summed E-state index contributed by atoms with van der Waals surface area (Å²) in [6.45, 7) is 7.29. The van der Waals surface area contributed by atoms with E-state index in [0.717, 1.165) is 53.1 Å². The van der Waals surface area contributed by atoms with E-state index in [1.807, 2.05) is 26.0 Å². The molecule has 1 aromatic heterocycles. The average molecular weight is 369 g/mol. The van der Waals surface area contributed by atoms with Crippen molar-refractivity contribution in [1.29, 1.82) is 0 Å². The van der Waals surface area contributed by atoms with Crippen LogP contribution in [-0.2, 0) is 4.74 Å². The predicted molar refractivity (Wildman–Crippen MR) is 89.4 cm³/mol. The Morgan fingerprint density at radius 3 is 2.71 bits per heavy atom. The van der Waals surface area contributed by atoms with Gasteiger partial charge in [0, 0.05) is 23.5 Å². The van der Waals surface area contributed by atoms with Gasteiger partial charge in [0.1, 0.15) is 5.75 Å². The molecule has 1 N–H and O–H groups in total. The Hall–Kier alpha value is -1.11. The van der Waals surface area contributed by atoms with Crippen molar-refractivity contribution in [1.82, 2.24) is 4.98 Å². The number of benzene rings is 1. The van der Waals surface area contributed by atoms with Crippen molar-refractivity contribution >= 4 is 32.4 Å². The molecule has 21 heavy (non-hydrogen) atoms. The summed E-state index contributed by atoms with van der Waals surface area (Å²) in [5.41, 5.74) is 2.74. The third-order valence-electron chi connectivity index (χ3n) is 3.53. The van der Waals surface area contributed by atoms with Crippen LogP contribution in [-0.4, -0.2) is 36.4 Å². The highest BCUT2D eigenvalue weighted by atomic mass is 79.9. The third-order valence-corrected chi connectivity index (χ3v) is 5.17. The molecule has 0 saturated carbocycles. The zero-order chi connectivity index (χ0) is 15.0. The number of hydrogen-bond acceptors (Lipinski definition) is 5. The van der Waals surface area contributed by atoms with Crippen LogP contribution in [0.15, 0.2) is 16.6 Å². The van der Waals surface area contributed by atoms with Crippen LogP contribution < -0.4 is 4.90 Å². The molecule has 1 aliphatic rings. The molecular formula is C15H17BrN2O2S. The number of aromatic hydroxyl groups is 1. The Morgan fingerprint density at radius 2 is 2.00 bits per heavy atom. The number of halogens is 1. The molecule has 0 atom stereocenters. The lowest BCUT2D eigenvalue weighted by Gasteiger charge is -2.26. The third kappa shape index (κ3) is 2.93. The zero-order valence-electron chi connectivity index (χ0n) is 12.0. The smallest absolute Gasteiger partial charge is 0.186 e. The lowest BCUT2D eigenvalue weighted by atomic mass is 10.1. The molecule has 0 bridgehead atoms. The van der Waals surface area contributed by atoms with Crippen molar-refractivity contribution in [2.24, 2.45) is 0 Å². The van der Waals surface area contributed by atoms with Crippen molar-refractivity contribution in [2.45, 2.75) is 13.8 Å². The van der Waals surface area contributed by atoms with Crippen molar-refractivity contribution in [3.8, 4) is 17.0 Å². The summed E-state index contributed by atoms with van der Waals surface area (Å²) < 4.78 is 6.09. The van der Waals surface area contributed by atoms with E-state index < -0.39 is 0 Å². The molecule has 1 aliphatic heterocycles.